The number of carbonyl (C=O) groups excluding carboxylic acids is 1. The van der Waals surface area contributed by atoms with Crippen molar-refractivity contribution in [2.75, 3.05) is 37.7 Å². The first-order valence-electron chi connectivity index (χ1n) is 17.1. The highest BCUT2D eigenvalue weighted by molar-refractivity contribution is 7.87. The fraction of sp³-hybridized carbons (Fsp3) is 0.395. The highest BCUT2D eigenvalue weighted by atomic mass is 32.2. The van der Waals surface area contributed by atoms with Gasteiger partial charge in [-0.25, -0.2) is 0 Å². The van der Waals surface area contributed by atoms with Crippen LogP contribution in [-0.2, 0) is 20.2 Å². The van der Waals surface area contributed by atoms with E-state index in [1.165, 1.54) is 19.3 Å². The summed E-state index contributed by atoms with van der Waals surface area (Å²) in [5.41, 5.74) is 1.98. The van der Waals surface area contributed by atoms with Gasteiger partial charge < -0.3 is 13.1 Å². The number of nitrogens with zero attached hydrogens (tertiary/aromatic N) is 1. The maximum absolute atomic E-state index is 14.3. The molecule has 0 bridgehead atoms. The Bertz CT molecular complexity index is 1950. The number of rotatable bonds is 17. The first-order chi connectivity index (χ1) is 23.6. The van der Waals surface area contributed by atoms with Crippen molar-refractivity contribution in [1.82, 2.24) is 4.90 Å². The summed E-state index contributed by atoms with van der Waals surface area (Å²) >= 11 is 0. The van der Waals surface area contributed by atoms with Crippen LogP contribution in [-0.4, -0.2) is 65.3 Å². The summed E-state index contributed by atoms with van der Waals surface area (Å²) in [4.78, 5) is 16.8. The van der Waals surface area contributed by atoms with Gasteiger partial charge in [-0.1, -0.05) is 57.4 Å². The molecule has 1 fully saturated rings. The number of carbonyl (C=O) groups is 1. The van der Waals surface area contributed by atoms with Crippen molar-refractivity contribution in [3.8, 4) is 28.4 Å². The van der Waals surface area contributed by atoms with Gasteiger partial charge in [0, 0.05) is 17.7 Å². The molecule has 4 aromatic carbocycles. The second-order valence-corrected chi connectivity index (χ2v) is 15.8. The SMILES string of the molecule is CCCCS(=O)(=O)Oc1cccc(-c2ccc3cc(OS(=O)(=O)CCCC)ccc3c2C(=O)c2ccc(OCCN3CCCCC3)cc2)c1. The van der Waals surface area contributed by atoms with Gasteiger partial charge in [-0.05, 0) is 115 Å². The van der Waals surface area contributed by atoms with Gasteiger partial charge in [-0.3, -0.25) is 9.69 Å². The van der Waals surface area contributed by atoms with Gasteiger partial charge in [-0.2, -0.15) is 16.8 Å². The van der Waals surface area contributed by atoms with Crippen LogP contribution >= 0.6 is 0 Å². The zero-order valence-electron chi connectivity index (χ0n) is 28.2. The van der Waals surface area contributed by atoms with Gasteiger partial charge in [-0.15, -0.1) is 0 Å². The van der Waals surface area contributed by atoms with E-state index >= 15 is 0 Å². The van der Waals surface area contributed by atoms with Crippen molar-refractivity contribution < 1.29 is 34.7 Å². The standard InChI is InChI=1S/C38H45NO8S2/c1-3-5-25-48(41,42)46-33-12-10-11-30(27-33)35-19-15-31-28-34(47-49(43,44)26-6-4-2)18-20-36(31)37(35)38(40)29-13-16-32(17-14-29)45-24-23-39-21-8-7-9-22-39/h10-20,27-28H,3-9,21-26H2,1-2H3. The van der Waals surface area contributed by atoms with E-state index in [9.17, 15) is 21.6 Å². The minimum absolute atomic E-state index is 0.0885. The molecule has 5 rings (SSSR count). The molecule has 0 unspecified atom stereocenters. The number of likely N-dealkylation sites (tertiary alicyclic amines) is 1. The van der Waals surface area contributed by atoms with Crippen molar-refractivity contribution in [3.63, 3.8) is 0 Å². The Kier molecular flexibility index (Phi) is 12.4. The lowest BCUT2D eigenvalue weighted by Crippen LogP contribution is -2.33. The van der Waals surface area contributed by atoms with E-state index in [-0.39, 0.29) is 28.8 Å². The molecule has 1 aliphatic rings. The van der Waals surface area contributed by atoms with E-state index in [1.54, 1.807) is 78.9 Å². The minimum atomic E-state index is -3.79. The third kappa shape index (κ3) is 10.1. The van der Waals surface area contributed by atoms with E-state index in [4.69, 9.17) is 13.1 Å². The summed E-state index contributed by atoms with van der Waals surface area (Å²) < 4.78 is 66.9. The summed E-state index contributed by atoms with van der Waals surface area (Å²) in [6, 6.07) is 22.1. The molecule has 0 aromatic heterocycles. The lowest BCUT2D eigenvalue weighted by Gasteiger charge is -2.26. The number of ether oxygens (including phenoxy) is 1. The smallest absolute Gasteiger partial charge is 0.309 e. The second-order valence-electron chi connectivity index (χ2n) is 12.4. The summed E-state index contributed by atoms with van der Waals surface area (Å²) in [5, 5.41) is 1.20. The van der Waals surface area contributed by atoms with Crippen LogP contribution in [0, 0.1) is 0 Å². The molecule has 49 heavy (non-hydrogen) atoms. The first kappa shape index (κ1) is 36.4. The Hall–Kier alpha value is -3.93. The molecule has 1 saturated heterocycles. The molecule has 0 N–H and O–H groups in total. The molecule has 0 spiro atoms. The largest absolute Gasteiger partial charge is 0.492 e. The molecule has 0 aliphatic carbocycles. The van der Waals surface area contributed by atoms with Crippen LogP contribution in [0.2, 0.25) is 0 Å². The molecule has 4 aromatic rings. The Balaban J connectivity index is 1.48. The van der Waals surface area contributed by atoms with Gasteiger partial charge in [0.25, 0.3) is 0 Å². The Morgan fingerprint density at radius 2 is 1.35 bits per heavy atom. The molecule has 1 heterocycles. The molecular weight excluding hydrogens is 663 g/mol. The summed E-state index contributed by atoms with van der Waals surface area (Å²) in [5.74, 6) is 0.546. The van der Waals surface area contributed by atoms with Crippen molar-refractivity contribution in [1.29, 1.82) is 0 Å². The van der Waals surface area contributed by atoms with Gasteiger partial charge in [0.05, 0.1) is 11.5 Å². The molecular formula is C38H45NO8S2. The first-order valence-corrected chi connectivity index (χ1v) is 20.2. The van der Waals surface area contributed by atoms with Gasteiger partial charge >= 0.3 is 20.2 Å². The summed E-state index contributed by atoms with van der Waals surface area (Å²) in [7, 11) is -7.56. The van der Waals surface area contributed by atoms with Crippen LogP contribution in [0.5, 0.6) is 17.2 Å². The van der Waals surface area contributed by atoms with E-state index in [2.05, 4.69) is 4.90 Å². The molecule has 11 heteroatoms. The quantitative estimate of drug-likeness (QED) is 0.0807. The van der Waals surface area contributed by atoms with E-state index in [0.717, 1.165) is 26.1 Å². The number of fused-ring (bicyclic) bond motifs is 1. The molecule has 1 aliphatic heterocycles. The number of unbranched alkanes of at least 4 members (excludes halogenated alkanes) is 2. The Labute approximate surface area is 290 Å². The van der Waals surface area contributed by atoms with Crippen molar-refractivity contribution in [2.45, 2.75) is 58.8 Å². The number of hydrogen-bond acceptors (Lipinski definition) is 9. The van der Waals surface area contributed by atoms with Crippen molar-refractivity contribution in [2.24, 2.45) is 0 Å². The molecule has 0 amide bonds. The maximum atomic E-state index is 14.3. The van der Waals surface area contributed by atoms with Crippen LogP contribution in [0.3, 0.4) is 0 Å². The lowest BCUT2D eigenvalue weighted by molar-refractivity contribution is 0.104. The number of hydrogen-bond donors (Lipinski definition) is 0. The van der Waals surface area contributed by atoms with Gasteiger partial charge in [0.15, 0.2) is 5.78 Å². The van der Waals surface area contributed by atoms with Crippen LogP contribution in [0.1, 0.15) is 74.7 Å². The monoisotopic (exact) mass is 707 g/mol. The average molecular weight is 708 g/mol. The molecule has 0 saturated carbocycles. The third-order valence-corrected chi connectivity index (χ3v) is 11.0. The van der Waals surface area contributed by atoms with E-state index in [1.807, 2.05) is 13.8 Å². The zero-order valence-corrected chi connectivity index (χ0v) is 29.9. The Morgan fingerprint density at radius 3 is 2.00 bits per heavy atom. The topological polar surface area (TPSA) is 116 Å². The molecule has 9 nitrogen and oxygen atoms in total. The predicted octanol–water partition coefficient (Wildman–Crippen LogP) is 7.62. The molecule has 262 valence electrons. The summed E-state index contributed by atoms with van der Waals surface area (Å²) in [6.07, 6.45) is 6.12. The maximum Gasteiger partial charge on any atom is 0.309 e. The third-order valence-electron chi connectivity index (χ3n) is 8.55. The van der Waals surface area contributed by atoms with E-state index in [0.29, 0.717) is 64.6 Å². The number of benzene rings is 4. The fourth-order valence-electron chi connectivity index (χ4n) is 5.90. The van der Waals surface area contributed by atoms with Crippen LogP contribution in [0.4, 0.5) is 0 Å². The van der Waals surface area contributed by atoms with Crippen molar-refractivity contribution >= 4 is 36.8 Å². The normalized spacial score (nSPS) is 14.1. The lowest BCUT2D eigenvalue weighted by atomic mass is 9.89. The number of piperidine rings is 1. The predicted molar refractivity (Wildman–Crippen MR) is 194 cm³/mol. The fourth-order valence-corrected chi connectivity index (χ4v) is 8.15. The second kappa shape index (κ2) is 16.7. The summed E-state index contributed by atoms with van der Waals surface area (Å²) in [6.45, 7) is 7.42. The molecule has 0 radical (unpaired) electrons. The highest BCUT2D eigenvalue weighted by Gasteiger charge is 2.21. The minimum Gasteiger partial charge on any atom is -0.492 e. The van der Waals surface area contributed by atoms with Crippen LogP contribution in [0.25, 0.3) is 21.9 Å². The van der Waals surface area contributed by atoms with Gasteiger partial charge in [0.1, 0.15) is 23.9 Å². The van der Waals surface area contributed by atoms with Crippen LogP contribution in [0.15, 0.2) is 78.9 Å². The van der Waals surface area contributed by atoms with Crippen molar-refractivity contribution in [3.05, 3.63) is 90.0 Å². The highest BCUT2D eigenvalue weighted by Crippen LogP contribution is 2.36. The van der Waals surface area contributed by atoms with E-state index < -0.39 is 20.2 Å². The Morgan fingerprint density at radius 1 is 0.714 bits per heavy atom. The number of ketones is 1. The van der Waals surface area contributed by atoms with Gasteiger partial charge in [0.2, 0.25) is 0 Å². The average Bonchev–Trinajstić information content (AvgIpc) is 3.09. The molecule has 0 atom stereocenters. The zero-order chi connectivity index (χ0) is 34.9. The van der Waals surface area contributed by atoms with Crippen LogP contribution < -0.4 is 13.1 Å².